The molecule has 0 unspecified atom stereocenters. The van der Waals surface area contributed by atoms with E-state index in [1.54, 1.807) is 4.90 Å². The molecule has 0 bridgehead atoms. The molecule has 2 aromatic carbocycles. The van der Waals surface area contributed by atoms with Crippen molar-refractivity contribution >= 4 is 34.8 Å². The van der Waals surface area contributed by atoms with Gasteiger partial charge in [0.25, 0.3) is 11.6 Å². The summed E-state index contributed by atoms with van der Waals surface area (Å²) in [5.41, 5.74) is 2.16. The molecule has 1 heterocycles. The number of carbonyl (C=O) groups excluding carboxylic acids is 2. The van der Waals surface area contributed by atoms with Crippen molar-refractivity contribution < 1.29 is 14.5 Å². The van der Waals surface area contributed by atoms with E-state index in [2.05, 4.69) is 10.2 Å². The lowest BCUT2D eigenvalue weighted by Gasteiger charge is -2.37. The number of nitro benzene ring substituents is 1. The maximum atomic E-state index is 12.4. The SMILES string of the molecule is Cc1ccc(Cl)cc1N1CCN(C(=O)CNC(=O)c2cccc([N+](=O)[O-])c2)CC1. The molecule has 0 radical (unpaired) electrons. The molecule has 9 heteroatoms. The number of aryl methyl sites for hydroxylation is 1. The molecule has 8 nitrogen and oxygen atoms in total. The van der Waals surface area contributed by atoms with E-state index in [9.17, 15) is 19.7 Å². The summed E-state index contributed by atoms with van der Waals surface area (Å²) >= 11 is 6.09. The van der Waals surface area contributed by atoms with Gasteiger partial charge in [0.2, 0.25) is 5.91 Å². The fraction of sp³-hybridized carbons (Fsp3) is 0.300. The van der Waals surface area contributed by atoms with Crippen LogP contribution in [0.1, 0.15) is 15.9 Å². The lowest BCUT2D eigenvalue weighted by molar-refractivity contribution is -0.384. The van der Waals surface area contributed by atoms with Crippen LogP contribution in [0, 0.1) is 17.0 Å². The van der Waals surface area contributed by atoms with Crippen molar-refractivity contribution in [2.24, 2.45) is 0 Å². The first kappa shape index (κ1) is 20.6. The Morgan fingerprint density at radius 1 is 1.14 bits per heavy atom. The standard InChI is InChI=1S/C20H21ClN4O4/c1-14-5-6-16(21)12-18(14)23-7-9-24(10-8-23)19(26)13-22-20(27)15-3-2-4-17(11-15)25(28)29/h2-6,11-12H,7-10,13H2,1H3,(H,22,27). The van der Waals surface area contributed by atoms with Gasteiger partial charge in [-0.25, -0.2) is 0 Å². The van der Waals surface area contributed by atoms with E-state index in [1.807, 2.05) is 25.1 Å². The number of hydrogen-bond acceptors (Lipinski definition) is 5. The van der Waals surface area contributed by atoms with E-state index < -0.39 is 10.8 Å². The van der Waals surface area contributed by atoms with Gasteiger partial charge in [-0.15, -0.1) is 0 Å². The van der Waals surface area contributed by atoms with Crippen LogP contribution in [0.25, 0.3) is 0 Å². The lowest BCUT2D eigenvalue weighted by Crippen LogP contribution is -2.51. The minimum Gasteiger partial charge on any atom is -0.368 e. The van der Waals surface area contributed by atoms with Crippen LogP contribution in [0.3, 0.4) is 0 Å². The van der Waals surface area contributed by atoms with Gasteiger partial charge >= 0.3 is 0 Å². The van der Waals surface area contributed by atoms with Gasteiger partial charge in [0.1, 0.15) is 0 Å². The van der Waals surface area contributed by atoms with E-state index in [0.717, 1.165) is 11.3 Å². The number of nitrogens with zero attached hydrogens (tertiary/aromatic N) is 3. The topological polar surface area (TPSA) is 95.8 Å². The molecule has 0 atom stereocenters. The number of nitro groups is 1. The Labute approximate surface area is 173 Å². The number of halogens is 1. The highest BCUT2D eigenvalue weighted by atomic mass is 35.5. The molecule has 1 N–H and O–H groups in total. The summed E-state index contributed by atoms with van der Waals surface area (Å²) in [6.07, 6.45) is 0. The van der Waals surface area contributed by atoms with Crippen molar-refractivity contribution in [3.8, 4) is 0 Å². The van der Waals surface area contributed by atoms with Crippen LogP contribution in [-0.2, 0) is 4.79 Å². The summed E-state index contributed by atoms with van der Waals surface area (Å²) in [5.74, 6) is -0.707. The minimum atomic E-state index is -0.566. The monoisotopic (exact) mass is 416 g/mol. The normalized spacial score (nSPS) is 13.9. The van der Waals surface area contributed by atoms with Crippen LogP contribution in [-0.4, -0.2) is 54.4 Å². The number of amides is 2. The Balaban J connectivity index is 1.52. The second kappa shape index (κ2) is 8.91. The van der Waals surface area contributed by atoms with Gasteiger partial charge in [0, 0.05) is 54.6 Å². The number of hydrogen-bond donors (Lipinski definition) is 1. The maximum Gasteiger partial charge on any atom is 0.270 e. The highest BCUT2D eigenvalue weighted by Crippen LogP contribution is 2.25. The molecule has 152 valence electrons. The molecule has 0 spiro atoms. The van der Waals surface area contributed by atoms with Crippen LogP contribution in [0.4, 0.5) is 11.4 Å². The van der Waals surface area contributed by atoms with Gasteiger partial charge in [-0.05, 0) is 30.7 Å². The average Bonchev–Trinajstić information content (AvgIpc) is 2.73. The highest BCUT2D eigenvalue weighted by Gasteiger charge is 2.23. The molecule has 0 aliphatic carbocycles. The molecule has 2 aromatic rings. The van der Waals surface area contributed by atoms with E-state index in [1.165, 1.54) is 24.3 Å². The summed E-state index contributed by atoms with van der Waals surface area (Å²) in [4.78, 5) is 38.8. The summed E-state index contributed by atoms with van der Waals surface area (Å²) in [6, 6.07) is 11.1. The van der Waals surface area contributed by atoms with E-state index in [0.29, 0.717) is 31.2 Å². The van der Waals surface area contributed by atoms with Crippen LogP contribution >= 0.6 is 11.6 Å². The van der Waals surface area contributed by atoms with Crippen LogP contribution in [0.2, 0.25) is 5.02 Å². The smallest absolute Gasteiger partial charge is 0.270 e. The van der Waals surface area contributed by atoms with E-state index >= 15 is 0 Å². The zero-order valence-corrected chi connectivity index (χ0v) is 16.7. The van der Waals surface area contributed by atoms with Crippen molar-refractivity contribution in [3.63, 3.8) is 0 Å². The molecular weight excluding hydrogens is 396 g/mol. The number of rotatable bonds is 5. The third-order valence-electron chi connectivity index (χ3n) is 4.86. The van der Waals surface area contributed by atoms with E-state index in [-0.39, 0.29) is 23.7 Å². The van der Waals surface area contributed by atoms with Gasteiger partial charge in [0.05, 0.1) is 11.5 Å². The summed E-state index contributed by atoms with van der Waals surface area (Å²) < 4.78 is 0. The fourth-order valence-corrected chi connectivity index (χ4v) is 3.42. The Bertz CT molecular complexity index is 942. The molecule has 3 rings (SSSR count). The molecule has 1 saturated heterocycles. The first-order chi connectivity index (χ1) is 13.8. The van der Waals surface area contributed by atoms with Crippen molar-refractivity contribution in [3.05, 3.63) is 68.7 Å². The number of carbonyl (C=O) groups is 2. The predicted octanol–water partition coefficient (Wildman–Crippen LogP) is 2.64. The second-order valence-electron chi connectivity index (χ2n) is 6.79. The third-order valence-corrected chi connectivity index (χ3v) is 5.10. The number of piperazine rings is 1. The predicted molar refractivity (Wildman–Crippen MR) is 110 cm³/mol. The first-order valence-corrected chi connectivity index (χ1v) is 9.54. The first-order valence-electron chi connectivity index (χ1n) is 9.16. The van der Waals surface area contributed by atoms with Crippen molar-refractivity contribution in [2.75, 3.05) is 37.6 Å². The molecule has 0 aromatic heterocycles. The Morgan fingerprint density at radius 2 is 1.86 bits per heavy atom. The molecule has 1 fully saturated rings. The largest absolute Gasteiger partial charge is 0.368 e. The van der Waals surface area contributed by atoms with Crippen LogP contribution in [0.5, 0.6) is 0 Å². The quantitative estimate of drug-likeness (QED) is 0.597. The van der Waals surface area contributed by atoms with Gasteiger partial charge in [-0.1, -0.05) is 23.7 Å². The van der Waals surface area contributed by atoms with Crippen molar-refractivity contribution in [1.29, 1.82) is 0 Å². The van der Waals surface area contributed by atoms with Gasteiger partial charge in [0.15, 0.2) is 0 Å². The molecule has 2 amide bonds. The third kappa shape index (κ3) is 5.03. The number of non-ortho nitro benzene ring substituents is 1. The van der Waals surface area contributed by atoms with Crippen molar-refractivity contribution in [1.82, 2.24) is 10.2 Å². The Hall–Kier alpha value is -3.13. The molecule has 0 saturated carbocycles. The summed E-state index contributed by atoms with van der Waals surface area (Å²) in [7, 11) is 0. The highest BCUT2D eigenvalue weighted by molar-refractivity contribution is 6.30. The number of benzene rings is 2. The molecule has 1 aliphatic heterocycles. The van der Waals surface area contributed by atoms with Crippen molar-refractivity contribution in [2.45, 2.75) is 6.92 Å². The zero-order chi connectivity index (χ0) is 21.0. The van der Waals surface area contributed by atoms with Gasteiger partial charge in [-0.2, -0.15) is 0 Å². The summed E-state index contributed by atoms with van der Waals surface area (Å²) in [6.45, 7) is 4.29. The second-order valence-corrected chi connectivity index (χ2v) is 7.23. The lowest BCUT2D eigenvalue weighted by atomic mass is 10.1. The van der Waals surface area contributed by atoms with Gasteiger partial charge < -0.3 is 15.1 Å². The summed E-state index contributed by atoms with van der Waals surface area (Å²) in [5, 5.41) is 14.0. The average molecular weight is 417 g/mol. The van der Waals surface area contributed by atoms with Crippen LogP contribution < -0.4 is 10.2 Å². The minimum absolute atomic E-state index is 0.147. The maximum absolute atomic E-state index is 12.4. The van der Waals surface area contributed by atoms with Crippen LogP contribution in [0.15, 0.2) is 42.5 Å². The molecule has 1 aliphatic rings. The van der Waals surface area contributed by atoms with E-state index in [4.69, 9.17) is 11.6 Å². The molecule has 29 heavy (non-hydrogen) atoms. The zero-order valence-electron chi connectivity index (χ0n) is 15.9. The van der Waals surface area contributed by atoms with Gasteiger partial charge in [-0.3, -0.25) is 19.7 Å². The fourth-order valence-electron chi connectivity index (χ4n) is 3.25. The Morgan fingerprint density at radius 3 is 2.55 bits per heavy atom. The number of anilines is 1. The molecular formula is C20H21ClN4O4. The Kier molecular flexibility index (Phi) is 6.33. The number of nitrogens with one attached hydrogen (secondary N) is 1.